The lowest BCUT2D eigenvalue weighted by molar-refractivity contribution is 0.102. The lowest BCUT2D eigenvalue weighted by atomic mass is 10.1. The number of carbonyl (C=O) groups is 1. The molecule has 0 unspecified atom stereocenters. The van der Waals surface area contributed by atoms with E-state index in [4.69, 9.17) is 13.9 Å². The van der Waals surface area contributed by atoms with Gasteiger partial charge < -0.3 is 19.2 Å². The van der Waals surface area contributed by atoms with E-state index in [1.807, 2.05) is 30.3 Å². The molecule has 0 radical (unpaired) electrons. The van der Waals surface area contributed by atoms with Gasteiger partial charge in [-0.05, 0) is 35.9 Å². The number of oxazole rings is 1. The van der Waals surface area contributed by atoms with Crippen LogP contribution in [0.5, 0.6) is 11.5 Å². The number of ether oxygens (including phenoxy) is 2. The van der Waals surface area contributed by atoms with E-state index in [0.29, 0.717) is 53.9 Å². The molecule has 1 N–H and O–H groups in total. The van der Waals surface area contributed by atoms with Crippen molar-refractivity contribution in [2.24, 2.45) is 0 Å². The zero-order chi connectivity index (χ0) is 19.6. The molecule has 3 aromatic carbocycles. The third-order valence-electron chi connectivity index (χ3n) is 4.69. The van der Waals surface area contributed by atoms with Crippen LogP contribution in [0.2, 0.25) is 0 Å². The molecule has 1 amide bonds. The highest BCUT2D eigenvalue weighted by Crippen LogP contribution is 2.32. The maximum atomic E-state index is 12.7. The van der Waals surface area contributed by atoms with Crippen molar-refractivity contribution in [3.05, 3.63) is 83.7 Å². The number of carbonyl (C=O) groups excluding carboxylic acids is 1. The van der Waals surface area contributed by atoms with Crippen LogP contribution in [0.3, 0.4) is 0 Å². The molecule has 29 heavy (non-hydrogen) atoms. The first-order chi connectivity index (χ1) is 14.2. The molecule has 0 aliphatic carbocycles. The molecule has 144 valence electrons. The van der Waals surface area contributed by atoms with Crippen molar-refractivity contribution in [3.63, 3.8) is 0 Å². The second-order valence-electron chi connectivity index (χ2n) is 6.77. The van der Waals surface area contributed by atoms with Crippen LogP contribution in [0, 0.1) is 0 Å². The lowest BCUT2D eigenvalue weighted by Crippen LogP contribution is -2.16. The number of hydrogen-bond acceptors (Lipinski definition) is 5. The average Bonchev–Trinajstić information content (AvgIpc) is 3.15. The van der Waals surface area contributed by atoms with Crippen LogP contribution in [0.15, 0.2) is 71.1 Å². The quantitative estimate of drug-likeness (QED) is 0.561. The predicted octanol–water partition coefficient (Wildman–Crippen LogP) is 4.44. The van der Waals surface area contributed by atoms with Gasteiger partial charge >= 0.3 is 0 Å². The second kappa shape index (κ2) is 7.31. The Hall–Kier alpha value is -3.80. The summed E-state index contributed by atoms with van der Waals surface area (Å²) in [6.45, 7) is 1.03. The summed E-state index contributed by atoms with van der Waals surface area (Å²) in [7, 11) is 0. The highest BCUT2D eigenvalue weighted by Gasteiger charge is 2.15. The average molecular weight is 386 g/mol. The fourth-order valence-corrected chi connectivity index (χ4v) is 3.28. The number of fused-ring (bicyclic) bond motifs is 2. The van der Waals surface area contributed by atoms with Crippen LogP contribution < -0.4 is 14.8 Å². The summed E-state index contributed by atoms with van der Waals surface area (Å²) in [5, 5.41) is 2.88. The second-order valence-corrected chi connectivity index (χ2v) is 6.77. The molecule has 0 bridgehead atoms. The molecule has 6 heteroatoms. The van der Waals surface area contributed by atoms with Gasteiger partial charge in [0.25, 0.3) is 5.91 Å². The zero-order valence-corrected chi connectivity index (χ0v) is 15.6. The minimum Gasteiger partial charge on any atom is -0.486 e. The van der Waals surface area contributed by atoms with Crippen molar-refractivity contribution in [1.29, 1.82) is 0 Å². The van der Waals surface area contributed by atoms with Crippen LogP contribution in [-0.2, 0) is 6.42 Å². The van der Waals surface area contributed by atoms with Gasteiger partial charge in [0.15, 0.2) is 23.0 Å². The van der Waals surface area contributed by atoms with Crippen LogP contribution >= 0.6 is 0 Å². The number of anilines is 1. The number of nitrogens with zero attached hydrogens (tertiary/aromatic N) is 1. The minimum absolute atomic E-state index is 0.232. The van der Waals surface area contributed by atoms with Crippen molar-refractivity contribution < 1.29 is 18.7 Å². The van der Waals surface area contributed by atoms with Crippen molar-refractivity contribution in [3.8, 4) is 11.5 Å². The maximum Gasteiger partial charge on any atom is 0.255 e. The molecule has 0 fully saturated rings. The summed E-state index contributed by atoms with van der Waals surface area (Å²) < 4.78 is 16.9. The van der Waals surface area contributed by atoms with Crippen molar-refractivity contribution >= 4 is 22.7 Å². The van der Waals surface area contributed by atoms with Crippen LogP contribution in [0.25, 0.3) is 11.1 Å². The van der Waals surface area contributed by atoms with Gasteiger partial charge in [0, 0.05) is 23.7 Å². The van der Waals surface area contributed by atoms with Gasteiger partial charge in [-0.25, -0.2) is 4.98 Å². The molecule has 2 heterocycles. The van der Waals surface area contributed by atoms with Crippen LogP contribution in [0.4, 0.5) is 5.69 Å². The van der Waals surface area contributed by atoms with Crippen molar-refractivity contribution in [2.75, 3.05) is 18.5 Å². The zero-order valence-electron chi connectivity index (χ0n) is 15.6. The smallest absolute Gasteiger partial charge is 0.255 e. The molecular weight excluding hydrogens is 368 g/mol. The Bertz CT molecular complexity index is 1180. The molecule has 1 aliphatic rings. The van der Waals surface area contributed by atoms with E-state index in [0.717, 1.165) is 11.1 Å². The molecule has 0 saturated carbocycles. The normalized spacial score (nSPS) is 12.7. The molecule has 1 aromatic heterocycles. The van der Waals surface area contributed by atoms with Gasteiger partial charge in [0.05, 0.1) is 0 Å². The van der Waals surface area contributed by atoms with Gasteiger partial charge in [-0.1, -0.05) is 30.3 Å². The highest BCUT2D eigenvalue weighted by molar-refractivity contribution is 6.05. The topological polar surface area (TPSA) is 73.6 Å². The Labute approximate surface area is 167 Å². The Balaban J connectivity index is 1.35. The SMILES string of the molecule is O=C(Nc1ccc2c(c1)OCCO2)c1ccc2nc(Cc3ccccc3)oc2c1. The Morgan fingerprint density at radius 3 is 2.62 bits per heavy atom. The third kappa shape index (κ3) is 3.65. The van der Waals surface area contributed by atoms with Crippen molar-refractivity contribution in [1.82, 2.24) is 4.98 Å². The highest BCUT2D eigenvalue weighted by atomic mass is 16.6. The number of nitrogens with one attached hydrogen (secondary N) is 1. The van der Waals surface area contributed by atoms with Gasteiger partial charge in [-0.2, -0.15) is 0 Å². The monoisotopic (exact) mass is 386 g/mol. The van der Waals surface area contributed by atoms with Gasteiger partial charge in [0.1, 0.15) is 18.7 Å². The standard InChI is InChI=1S/C23H18N2O4/c26-23(24-17-7-9-19-21(14-17)28-11-10-27-19)16-6-8-18-20(13-16)29-22(25-18)12-15-4-2-1-3-5-15/h1-9,13-14H,10-12H2,(H,24,26). The lowest BCUT2D eigenvalue weighted by Gasteiger charge is -2.19. The number of rotatable bonds is 4. The van der Waals surface area contributed by atoms with E-state index in [1.165, 1.54) is 0 Å². The van der Waals surface area contributed by atoms with E-state index in [-0.39, 0.29) is 5.91 Å². The van der Waals surface area contributed by atoms with Crippen molar-refractivity contribution in [2.45, 2.75) is 6.42 Å². The fraction of sp³-hybridized carbons (Fsp3) is 0.130. The van der Waals surface area contributed by atoms with Gasteiger partial charge in [-0.15, -0.1) is 0 Å². The molecule has 4 aromatic rings. The van der Waals surface area contributed by atoms with E-state index in [2.05, 4.69) is 10.3 Å². The summed E-state index contributed by atoms with van der Waals surface area (Å²) in [5.41, 5.74) is 3.57. The Kier molecular flexibility index (Phi) is 4.37. The molecule has 1 aliphatic heterocycles. The van der Waals surface area contributed by atoms with E-state index in [1.54, 1.807) is 36.4 Å². The molecule has 0 atom stereocenters. The van der Waals surface area contributed by atoms with E-state index >= 15 is 0 Å². The fourth-order valence-electron chi connectivity index (χ4n) is 3.28. The predicted molar refractivity (Wildman–Crippen MR) is 109 cm³/mol. The number of benzene rings is 3. The number of aromatic nitrogens is 1. The Morgan fingerprint density at radius 2 is 1.76 bits per heavy atom. The van der Waals surface area contributed by atoms with Crippen LogP contribution in [-0.4, -0.2) is 24.1 Å². The first-order valence-corrected chi connectivity index (χ1v) is 9.39. The summed E-state index contributed by atoms with van der Waals surface area (Å²) in [5.74, 6) is 1.70. The van der Waals surface area contributed by atoms with E-state index < -0.39 is 0 Å². The van der Waals surface area contributed by atoms with Gasteiger partial charge in [0.2, 0.25) is 0 Å². The molecule has 6 nitrogen and oxygen atoms in total. The molecular formula is C23H18N2O4. The Morgan fingerprint density at radius 1 is 0.931 bits per heavy atom. The largest absolute Gasteiger partial charge is 0.486 e. The van der Waals surface area contributed by atoms with E-state index in [9.17, 15) is 4.79 Å². The summed E-state index contributed by atoms with van der Waals surface area (Å²) in [6, 6.07) is 20.6. The summed E-state index contributed by atoms with van der Waals surface area (Å²) >= 11 is 0. The number of hydrogen-bond donors (Lipinski definition) is 1. The first kappa shape index (κ1) is 17.3. The maximum absolute atomic E-state index is 12.7. The van der Waals surface area contributed by atoms with Crippen LogP contribution in [0.1, 0.15) is 21.8 Å². The minimum atomic E-state index is -0.232. The molecule has 5 rings (SSSR count). The summed E-state index contributed by atoms with van der Waals surface area (Å²) in [4.78, 5) is 17.2. The molecule has 0 saturated heterocycles. The number of amides is 1. The first-order valence-electron chi connectivity index (χ1n) is 9.39. The van der Waals surface area contributed by atoms with Gasteiger partial charge in [-0.3, -0.25) is 4.79 Å². The third-order valence-corrected chi connectivity index (χ3v) is 4.69. The summed E-state index contributed by atoms with van der Waals surface area (Å²) in [6.07, 6.45) is 0.605. The molecule has 0 spiro atoms.